The van der Waals surface area contributed by atoms with Gasteiger partial charge in [-0.1, -0.05) is 71.8 Å². The number of nitrogens with zero attached hydrogens (tertiary/aromatic N) is 2. The molecule has 0 aliphatic carbocycles. The molecule has 0 bridgehead atoms. The smallest absolute Gasteiger partial charge is 0.271 e. The number of halogens is 1. The number of benzene rings is 4. The lowest BCUT2D eigenvalue weighted by molar-refractivity contribution is 0.0955. The van der Waals surface area contributed by atoms with Crippen molar-refractivity contribution in [3.05, 3.63) is 130 Å². The number of rotatable bonds is 9. The maximum Gasteiger partial charge on any atom is 0.271 e. The topological polar surface area (TPSA) is 75.6 Å². The highest BCUT2D eigenvalue weighted by Gasteiger charge is 2.09. The van der Waals surface area contributed by atoms with E-state index in [1.54, 1.807) is 30.3 Å². The normalized spacial score (nSPS) is 10.9. The van der Waals surface area contributed by atoms with Crippen molar-refractivity contribution in [2.24, 2.45) is 5.10 Å². The number of nitrogens with one attached hydrogen (secondary N) is 2. The first-order chi connectivity index (χ1) is 19.0. The van der Waals surface area contributed by atoms with E-state index in [-0.39, 0.29) is 5.91 Å². The van der Waals surface area contributed by atoms with Gasteiger partial charge >= 0.3 is 0 Å². The van der Waals surface area contributed by atoms with Crippen LogP contribution in [0.2, 0.25) is 5.02 Å². The fraction of sp³-hybridized carbons (Fsp3) is 0.0645. The molecule has 0 radical (unpaired) electrons. The van der Waals surface area contributed by atoms with Crippen molar-refractivity contribution in [2.45, 2.75) is 13.5 Å². The summed E-state index contributed by atoms with van der Waals surface area (Å²) in [6.07, 6.45) is 1.53. The zero-order valence-electron chi connectivity index (χ0n) is 21.1. The number of carbonyl (C=O) groups is 1. The molecular weight excluding hydrogens is 528 g/mol. The molecule has 2 N–H and O–H groups in total. The monoisotopic (exact) mass is 552 g/mol. The number of hydrogen-bond acceptors (Lipinski definition) is 6. The van der Waals surface area contributed by atoms with E-state index < -0.39 is 0 Å². The summed E-state index contributed by atoms with van der Waals surface area (Å²) in [5, 5.41) is 10.8. The fourth-order valence-corrected chi connectivity index (χ4v) is 4.64. The standard InChI is InChI=1S/C31H25ClN4O2S/c1-21-7-9-22(10-8-21)19-38-29-16-15-26(32)17-25(29)18-33-36-30(37)24-13-11-23(12-14-24)28-20-39-31(35-28)34-27-5-3-2-4-6-27/h2-18,20H,19H2,1H3,(H,34,35)(H,36,37)/b33-18-. The Morgan fingerprint density at radius 1 is 1.00 bits per heavy atom. The number of anilines is 2. The van der Waals surface area contributed by atoms with Crippen LogP contribution in [0.25, 0.3) is 11.3 Å². The van der Waals surface area contributed by atoms with Crippen molar-refractivity contribution in [1.82, 2.24) is 10.4 Å². The number of carbonyl (C=O) groups excluding carboxylic acids is 1. The molecule has 0 aliphatic rings. The van der Waals surface area contributed by atoms with Crippen molar-refractivity contribution < 1.29 is 9.53 Å². The molecule has 8 heteroatoms. The molecule has 1 amide bonds. The van der Waals surface area contributed by atoms with Crippen LogP contribution in [-0.2, 0) is 6.61 Å². The van der Waals surface area contributed by atoms with Gasteiger partial charge in [0, 0.05) is 32.8 Å². The van der Waals surface area contributed by atoms with Gasteiger partial charge in [-0.15, -0.1) is 11.3 Å². The summed E-state index contributed by atoms with van der Waals surface area (Å²) in [4.78, 5) is 17.3. The Bertz CT molecular complexity index is 1580. The van der Waals surface area contributed by atoms with Gasteiger partial charge in [0.1, 0.15) is 12.4 Å². The number of hydrogen-bond donors (Lipinski definition) is 2. The Balaban J connectivity index is 1.20. The van der Waals surface area contributed by atoms with E-state index in [0.717, 1.165) is 27.6 Å². The summed E-state index contributed by atoms with van der Waals surface area (Å²) in [6.45, 7) is 2.45. The lowest BCUT2D eigenvalue weighted by atomic mass is 10.1. The van der Waals surface area contributed by atoms with Crippen LogP contribution in [0.5, 0.6) is 5.75 Å². The third-order valence-corrected chi connectivity index (χ3v) is 6.82. The number of ether oxygens (including phenoxy) is 1. The van der Waals surface area contributed by atoms with Crippen molar-refractivity contribution in [3.8, 4) is 17.0 Å². The number of amides is 1. The highest BCUT2D eigenvalue weighted by molar-refractivity contribution is 7.14. The molecule has 0 spiro atoms. The van der Waals surface area contributed by atoms with Crippen LogP contribution >= 0.6 is 22.9 Å². The van der Waals surface area contributed by atoms with Gasteiger partial charge in [0.05, 0.1) is 11.9 Å². The molecule has 6 nitrogen and oxygen atoms in total. The Labute approximate surface area is 236 Å². The molecule has 39 heavy (non-hydrogen) atoms. The third kappa shape index (κ3) is 7.10. The second-order valence-electron chi connectivity index (χ2n) is 8.76. The van der Waals surface area contributed by atoms with Crippen molar-refractivity contribution in [1.29, 1.82) is 0 Å². The van der Waals surface area contributed by atoms with Crippen molar-refractivity contribution in [3.63, 3.8) is 0 Å². The van der Waals surface area contributed by atoms with Crippen LogP contribution in [0, 0.1) is 6.92 Å². The Morgan fingerprint density at radius 2 is 1.77 bits per heavy atom. The number of hydrazone groups is 1. The van der Waals surface area contributed by atoms with Gasteiger partial charge in [0.2, 0.25) is 0 Å². The first-order valence-corrected chi connectivity index (χ1v) is 13.5. The van der Waals surface area contributed by atoms with E-state index in [0.29, 0.717) is 28.5 Å². The van der Waals surface area contributed by atoms with Crippen LogP contribution < -0.4 is 15.5 Å². The molecule has 5 aromatic rings. The molecule has 0 aliphatic heterocycles. The van der Waals surface area contributed by atoms with Crippen molar-refractivity contribution in [2.75, 3.05) is 5.32 Å². The van der Waals surface area contributed by atoms with E-state index in [1.165, 1.54) is 23.1 Å². The van der Waals surface area contributed by atoms with Gasteiger partial charge in [0.15, 0.2) is 5.13 Å². The molecule has 0 fully saturated rings. The van der Waals surface area contributed by atoms with Gasteiger partial charge in [-0.2, -0.15) is 5.10 Å². The molecule has 0 unspecified atom stereocenters. The molecule has 5 rings (SSSR count). The molecule has 0 saturated carbocycles. The molecule has 1 aromatic heterocycles. The van der Waals surface area contributed by atoms with E-state index in [1.807, 2.05) is 79.0 Å². The first kappa shape index (κ1) is 26.2. The number of para-hydroxylation sites is 1. The first-order valence-electron chi connectivity index (χ1n) is 12.2. The Kier molecular flexibility index (Phi) is 8.31. The van der Waals surface area contributed by atoms with E-state index in [9.17, 15) is 4.79 Å². The largest absolute Gasteiger partial charge is 0.488 e. The average Bonchev–Trinajstić information content (AvgIpc) is 3.42. The maximum absolute atomic E-state index is 12.7. The Hall–Kier alpha value is -4.46. The molecule has 0 saturated heterocycles. The summed E-state index contributed by atoms with van der Waals surface area (Å²) in [5.41, 5.74) is 8.69. The minimum Gasteiger partial charge on any atom is -0.488 e. The van der Waals surface area contributed by atoms with E-state index in [2.05, 4.69) is 20.8 Å². The zero-order chi connectivity index (χ0) is 27.0. The number of thiazole rings is 1. The Morgan fingerprint density at radius 3 is 2.54 bits per heavy atom. The van der Waals surface area contributed by atoms with Crippen LogP contribution in [0.15, 0.2) is 108 Å². The molecular formula is C31H25ClN4O2S. The van der Waals surface area contributed by atoms with Gasteiger partial charge in [0.25, 0.3) is 5.91 Å². The molecule has 1 heterocycles. The van der Waals surface area contributed by atoms with Crippen LogP contribution in [0.4, 0.5) is 10.8 Å². The zero-order valence-corrected chi connectivity index (χ0v) is 22.7. The maximum atomic E-state index is 12.7. The van der Waals surface area contributed by atoms with Gasteiger partial charge in [-0.05, 0) is 55.0 Å². The van der Waals surface area contributed by atoms with Gasteiger partial charge in [-0.25, -0.2) is 10.4 Å². The molecule has 194 valence electrons. The predicted molar refractivity (Wildman–Crippen MR) is 159 cm³/mol. The summed E-state index contributed by atoms with van der Waals surface area (Å²) in [7, 11) is 0. The number of aryl methyl sites for hydroxylation is 1. The minimum absolute atomic E-state index is 0.327. The van der Waals surface area contributed by atoms with E-state index >= 15 is 0 Å². The third-order valence-electron chi connectivity index (χ3n) is 5.83. The second kappa shape index (κ2) is 12.4. The highest BCUT2D eigenvalue weighted by atomic mass is 35.5. The lowest BCUT2D eigenvalue weighted by Crippen LogP contribution is -2.17. The summed E-state index contributed by atoms with van der Waals surface area (Å²) < 4.78 is 5.98. The quantitative estimate of drug-likeness (QED) is 0.144. The SMILES string of the molecule is Cc1ccc(COc2ccc(Cl)cc2/C=N\NC(=O)c2ccc(-c3csc(Nc4ccccc4)n3)cc2)cc1. The lowest BCUT2D eigenvalue weighted by Gasteiger charge is -2.10. The average molecular weight is 553 g/mol. The number of aromatic nitrogens is 1. The predicted octanol–water partition coefficient (Wildman–Crippen LogP) is 7.86. The summed E-state index contributed by atoms with van der Waals surface area (Å²) in [6, 6.07) is 30.6. The van der Waals surface area contributed by atoms with E-state index in [4.69, 9.17) is 16.3 Å². The van der Waals surface area contributed by atoms with Gasteiger partial charge < -0.3 is 10.1 Å². The van der Waals surface area contributed by atoms with Crippen molar-refractivity contribution >= 4 is 45.9 Å². The van der Waals surface area contributed by atoms with Crippen LogP contribution in [0.3, 0.4) is 0 Å². The fourth-order valence-electron chi connectivity index (χ4n) is 3.72. The summed E-state index contributed by atoms with van der Waals surface area (Å²) in [5.74, 6) is 0.290. The van der Waals surface area contributed by atoms with Crippen LogP contribution in [-0.4, -0.2) is 17.1 Å². The molecule has 0 atom stereocenters. The second-order valence-corrected chi connectivity index (χ2v) is 10.1. The minimum atomic E-state index is -0.327. The summed E-state index contributed by atoms with van der Waals surface area (Å²) >= 11 is 7.71. The van der Waals surface area contributed by atoms with Crippen LogP contribution in [0.1, 0.15) is 27.0 Å². The highest BCUT2D eigenvalue weighted by Crippen LogP contribution is 2.27. The molecule has 4 aromatic carbocycles. The van der Waals surface area contributed by atoms with Gasteiger partial charge in [-0.3, -0.25) is 4.79 Å².